The predicted molar refractivity (Wildman–Crippen MR) is 71.1 cm³/mol. The number of nitrogens with one attached hydrogen (secondary N) is 1. The minimum atomic E-state index is -0.279. The Kier molecular flexibility index (Phi) is 2.76. The monoisotopic (exact) mass is 260 g/mol. The van der Waals surface area contributed by atoms with Crippen LogP contribution in [0.5, 0.6) is 0 Å². The smallest absolute Gasteiger partial charge is 0.348 e. The number of methoxy groups -OCH3 is 1. The van der Waals surface area contributed by atoms with Crippen molar-refractivity contribution in [1.29, 1.82) is 0 Å². The van der Waals surface area contributed by atoms with E-state index < -0.39 is 0 Å². The topological polar surface area (TPSA) is 51.2 Å². The van der Waals surface area contributed by atoms with Gasteiger partial charge in [0.15, 0.2) is 0 Å². The van der Waals surface area contributed by atoms with E-state index in [0.29, 0.717) is 4.88 Å². The van der Waals surface area contributed by atoms with Crippen LogP contribution in [0.25, 0.3) is 11.3 Å². The minimum Gasteiger partial charge on any atom is -0.465 e. The number of hydrogen-bond acceptors (Lipinski definition) is 5. The van der Waals surface area contributed by atoms with E-state index in [0.717, 1.165) is 29.9 Å². The maximum atomic E-state index is 11.6. The van der Waals surface area contributed by atoms with Crippen LogP contribution in [0.2, 0.25) is 0 Å². The van der Waals surface area contributed by atoms with Gasteiger partial charge in [-0.25, -0.2) is 4.79 Å². The highest BCUT2D eigenvalue weighted by Crippen LogP contribution is 2.36. The van der Waals surface area contributed by atoms with Gasteiger partial charge in [0.25, 0.3) is 0 Å². The van der Waals surface area contributed by atoms with E-state index in [1.54, 1.807) is 6.20 Å². The SMILES string of the molecule is COC(=O)c1cc2c(s1)CCNc1cccnc1-2. The molecular weight excluding hydrogens is 248 g/mol. The lowest BCUT2D eigenvalue weighted by atomic mass is 10.1. The second-order valence-electron chi connectivity index (χ2n) is 4.02. The molecule has 0 fully saturated rings. The quantitative estimate of drug-likeness (QED) is 0.801. The van der Waals surface area contributed by atoms with E-state index in [1.165, 1.54) is 23.3 Å². The van der Waals surface area contributed by atoms with Crippen molar-refractivity contribution in [1.82, 2.24) is 4.98 Å². The van der Waals surface area contributed by atoms with E-state index in [2.05, 4.69) is 10.3 Å². The molecule has 3 rings (SSSR count). The Morgan fingerprint density at radius 3 is 3.28 bits per heavy atom. The average molecular weight is 260 g/mol. The first-order valence-electron chi connectivity index (χ1n) is 5.70. The first-order valence-corrected chi connectivity index (χ1v) is 6.51. The van der Waals surface area contributed by atoms with Gasteiger partial charge in [-0.05, 0) is 24.6 Å². The number of carbonyl (C=O) groups excluding carboxylic acids is 1. The van der Waals surface area contributed by atoms with Crippen LogP contribution in [0.1, 0.15) is 14.5 Å². The number of aromatic nitrogens is 1. The average Bonchev–Trinajstić information content (AvgIpc) is 2.75. The van der Waals surface area contributed by atoms with Crippen molar-refractivity contribution in [2.75, 3.05) is 19.0 Å². The summed E-state index contributed by atoms with van der Waals surface area (Å²) in [4.78, 5) is 17.8. The highest BCUT2D eigenvalue weighted by molar-refractivity contribution is 7.14. The molecule has 0 saturated carbocycles. The van der Waals surface area contributed by atoms with Gasteiger partial charge in [0.1, 0.15) is 4.88 Å². The van der Waals surface area contributed by atoms with Crippen LogP contribution >= 0.6 is 11.3 Å². The van der Waals surface area contributed by atoms with Gasteiger partial charge in [0, 0.05) is 23.2 Å². The summed E-state index contributed by atoms with van der Waals surface area (Å²) in [6.45, 7) is 0.854. The molecule has 0 aliphatic carbocycles. The molecule has 0 bridgehead atoms. The summed E-state index contributed by atoms with van der Waals surface area (Å²) >= 11 is 1.49. The van der Waals surface area contributed by atoms with Gasteiger partial charge in [-0.1, -0.05) is 0 Å². The molecule has 0 unspecified atom stereocenters. The zero-order valence-electron chi connectivity index (χ0n) is 9.90. The minimum absolute atomic E-state index is 0.279. The Morgan fingerprint density at radius 1 is 1.56 bits per heavy atom. The fourth-order valence-corrected chi connectivity index (χ4v) is 3.17. The molecule has 1 aliphatic heterocycles. The molecule has 4 nitrogen and oxygen atoms in total. The summed E-state index contributed by atoms with van der Waals surface area (Å²) in [5, 5.41) is 3.35. The summed E-state index contributed by atoms with van der Waals surface area (Å²) in [7, 11) is 1.40. The molecule has 1 aliphatic rings. The third-order valence-electron chi connectivity index (χ3n) is 2.93. The molecule has 5 heteroatoms. The molecule has 0 atom stereocenters. The van der Waals surface area contributed by atoms with E-state index >= 15 is 0 Å². The molecule has 3 heterocycles. The molecule has 0 spiro atoms. The Morgan fingerprint density at radius 2 is 2.44 bits per heavy atom. The molecule has 0 amide bonds. The summed E-state index contributed by atoms with van der Waals surface area (Å²) in [6, 6.07) is 5.79. The lowest BCUT2D eigenvalue weighted by molar-refractivity contribution is 0.0606. The van der Waals surface area contributed by atoms with Crippen molar-refractivity contribution >= 4 is 23.0 Å². The second-order valence-corrected chi connectivity index (χ2v) is 5.15. The number of fused-ring (bicyclic) bond motifs is 3. The van der Waals surface area contributed by atoms with Crippen molar-refractivity contribution in [2.24, 2.45) is 0 Å². The zero-order valence-corrected chi connectivity index (χ0v) is 10.7. The van der Waals surface area contributed by atoms with Gasteiger partial charge in [-0.15, -0.1) is 11.3 Å². The summed E-state index contributed by atoms with van der Waals surface area (Å²) in [5.41, 5.74) is 2.97. The predicted octanol–water partition coefficient (Wildman–Crippen LogP) is 2.56. The lowest BCUT2D eigenvalue weighted by Crippen LogP contribution is -2.02. The van der Waals surface area contributed by atoms with Crippen LogP contribution < -0.4 is 5.32 Å². The third-order valence-corrected chi connectivity index (χ3v) is 4.10. The van der Waals surface area contributed by atoms with Crippen LogP contribution in [0, 0.1) is 0 Å². The molecular formula is C13H12N2O2S. The van der Waals surface area contributed by atoms with Crippen molar-refractivity contribution in [3.05, 3.63) is 34.2 Å². The number of ether oxygens (including phenoxy) is 1. The number of thiophene rings is 1. The van der Waals surface area contributed by atoms with Crippen LogP contribution in [-0.2, 0) is 11.2 Å². The van der Waals surface area contributed by atoms with Gasteiger partial charge in [-0.2, -0.15) is 0 Å². The number of esters is 1. The van der Waals surface area contributed by atoms with Crippen molar-refractivity contribution in [3.63, 3.8) is 0 Å². The molecule has 18 heavy (non-hydrogen) atoms. The lowest BCUT2D eigenvalue weighted by Gasteiger charge is -2.05. The fourth-order valence-electron chi connectivity index (χ4n) is 2.09. The number of rotatable bonds is 1. The van der Waals surface area contributed by atoms with Crippen molar-refractivity contribution < 1.29 is 9.53 Å². The van der Waals surface area contributed by atoms with Crippen molar-refractivity contribution in [3.8, 4) is 11.3 Å². The van der Waals surface area contributed by atoms with Gasteiger partial charge >= 0.3 is 5.97 Å². The second kappa shape index (κ2) is 4.42. The maximum Gasteiger partial charge on any atom is 0.348 e. The largest absolute Gasteiger partial charge is 0.465 e. The highest BCUT2D eigenvalue weighted by Gasteiger charge is 2.20. The molecule has 2 aromatic rings. The number of anilines is 1. The fraction of sp³-hybridized carbons (Fsp3) is 0.231. The third kappa shape index (κ3) is 1.76. The number of hydrogen-bond donors (Lipinski definition) is 1. The van der Waals surface area contributed by atoms with Gasteiger partial charge in [0.05, 0.1) is 18.5 Å². The number of nitrogens with zero attached hydrogens (tertiary/aromatic N) is 1. The van der Waals surface area contributed by atoms with Crippen LogP contribution in [0.4, 0.5) is 5.69 Å². The maximum absolute atomic E-state index is 11.6. The number of pyridine rings is 1. The normalized spacial score (nSPS) is 12.9. The van der Waals surface area contributed by atoms with E-state index in [4.69, 9.17) is 4.74 Å². The Hall–Kier alpha value is -1.88. The molecule has 0 radical (unpaired) electrons. The molecule has 1 N–H and O–H groups in total. The van der Waals surface area contributed by atoms with Gasteiger partial charge in [0.2, 0.25) is 0 Å². The van der Waals surface area contributed by atoms with Crippen LogP contribution in [-0.4, -0.2) is 24.6 Å². The van der Waals surface area contributed by atoms with Crippen LogP contribution in [0.3, 0.4) is 0 Å². The Labute approximate surface area is 109 Å². The van der Waals surface area contributed by atoms with Crippen LogP contribution in [0.15, 0.2) is 24.4 Å². The van der Waals surface area contributed by atoms with Gasteiger partial charge in [-0.3, -0.25) is 4.98 Å². The zero-order chi connectivity index (χ0) is 12.5. The molecule has 0 aromatic carbocycles. The van der Waals surface area contributed by atoms with E-state index in [9.17, 15) is 4.79 Å². The summed E-state index contributed by atoms with van der Waals surface area (Å²) in [5.74, 6) is -0.279. The molecule has 2 aromatic heterocycles. The highest BCUT2D eigenvalue weighted by atomic mass is 32.1. The van der Waals surface area contributed by atoms with E-state index in [-0.39, 0.29) is 5.97 Å². The summed E-state index contributed by atoms with van der Waals surface area (Å²) < 4.78 is 4.77. The Balaban J connectivity index is 2.15. The molecule has 92 valence electrons. The first kappa shape index (κ1) is 11.2. The Bertz CT molecular complexity index is 607. The number of carbonyl (C=O) groups is 1. The first-order chi connectivity index (χ1) is 8.79. The molecule has 0 saturated heterocycles. The van der Waals surface area contributed by atoms with E-state index in [1.807, 2.05) is 18.2 Å². The standard InChI is InChI=1S/C13H12N2O2S/c1-17-13(16)11-7-8-10(18-11)4-6-14-9-3-2-5-15-12(8)9/h2-3,5,7,14H,4,6H2,1H3. The van der Waals surface area contributed by atoms with Gasteiger partial charge < -0.3 is 10.1 Å². The van der Waals surface area contributed by atoms with Crippen molar-refractivity contribution in [2.45, 2.75) is 6.42 Å². The summed E-state index contributed by atoms with van der Waals surface area (Å²) in [6.07, 6.45) is 2.67.